The molecular formula is C17H25NO5. The van der Waals surface area contributed by atoms with Crippen molar-refractivity contribution in [2.75, 3.05) is 40.6 Å². The molecule has 1 aliphatic rings. The Labute approximate surface area is 136 Å². The summed E-state index contributed by atoms with van der Waals surface area (Å²) in [4.78, 5) is 12.2. The van der Waals surface area contributed by atoms with Gasteiger partial charge in [0.15, 0.2) is 11.5 Å². The summed E-state index contributed by atoms with van der Waals surface area (Å²) >= 11 is 0. The highest BCUT2D eigenvalue weighted by molar-refractivity contribution is 5.78. The monoisotopic (exact) mass is 323 g/mol. The second kappa shape index (κ2) is 8.17. The van der Waals surface area contributed by atoms with Crippen molar-refractivity contribution in [1.29, 1.82) is 0 Å². The molecule has 0 unspecified atom stereocenters. The van der Waals surface area contributed by atoms with Crippen molar-refractivity contribution < 1.29 is 24.1 Å². The second-order valence-corrected chi connectivity index (χ2v) is 5.91. The third-order valence-electron chi connectivity index (χ3n) is 4.36. The number of methoxy groups -OCH3 is 2. The Balaban J connectivity index is 1.91. The van der Waals surface area contributed by atoms with Crippen LogP contribution < -0.4 is 14.8 Å². The van der Waals surface area contributed by atoms with E-state index in [4.69, 9.17) is 14.2 Å². The standard InChI is InChI=1S/C17H25NO5/c1-21-14-4-3-13(9-15(14)22-2)10-16(20)18-11-17(12-19)5-7-23-8-6-17/h3-4,9,19H,5-8,10-12H2,1-2H3,(H,18,20). The Hall–Kier alpha value is -1.79. The van der Waals surface area contributed by atoms with Crippen molar-refractivity contribution >= 4 is 5.91 Å². The van der Waals surface area contributed by atoms with Crippen LogP contribution in [0.3, 0.4) is 0 Å². The SMILES string of the molecule is COc1ccc(CC(=O)NCC2(CO)CCOCC2)cc1OC. The van der Waals surface area contributed by atoms with Gasteiger partial charge in [-0.1, -0.05) is 6.07 Å². The van der Waals surface area contributed by atoms with Gasteiger partial charge in [-0.2, -0.15) is 0 Å². The van der Waals surface area contributed by atoms with Crippen molar-refractivity contribution in [3.63, 3.8) is 0 Å². The molecule has 0 saturated carbocycles. The summed E-state index contributed by atoms with van der Waals surface area (Å²) in [5.41, 5.74) is 0.594. The summed E-state index contributed by atoms with van der Waals surface area (Å²) in [6, 6.07) is 5.43. The van der Waals surface area contributed by atoms with Crippen LogP contribution in [0.4, 0.5) is 0 Å². The number of nitrogens with one attached hydrogen (secondary N) is 1. The maximum Gasteiger partial charge on any atom is 0.224 e. The quantitative estimate of drug-likeness (QED) is 0.787. The molecule has 1 amide bonds. The van der Waals surface area contributed by atoms with Crippen LogP contribution in [0, 0.1) is 5.41 Å². The average molecular weight is 323 g/mol. The number of hydrogen-bond donors (Lipinski definition) is 2. The van der Waals surface area contributed by atoms with Crippen LogP contribution in [0.15, 0.2) is 18.2 Å². The second-order valence-electron chi connectivity index (χ2n) is 5.91. The number of ether oxygens (including phenoxy) is 3. The van der Waals surface area contributed by atoms with Gasteiger partial charge in [0.2, 0.25) is 5.91 Å². The predicted octanol–water partition coefficient (Wildman–Crippen LogP) is 1.15. The van der Waals surface area contributed by atoms with Crippen molar-refractivity contribution in [1.82, 2.24) is 5.32 Å². The van der Waals surface area contributed by atoms with Gasteiger partial charge in [-0.05, 0) is 30.5 Å². The third kappa shape index (κ3) is 4.59. The maximum absolute atomic E-state index is 12.2. The van der Waals surface area contributed by atoms with Gasteiger partial charge in [-0.25, -0.2) is 0 Å². The first kappa shape index (κ1) is 17.6. The van der Waals surface area contributed by atoms with E-state index in [9.17, 15) is 9.90 Å². The number of carbonyl (C=O) groups excluding carboxylic acids is 1. The lowest BCUT2D eigenvalue weighted by atomic mass is 9.81. The Kier molecular flexibility index (Phi) is 6.24. The summed E-state index contributed by atoms with van der Waals surface area (Å²) < 4.78 is 15.8. The highest BCUT2D eigenvalue weighted by atomic mass is 16.5. The van der Waals surface area contributed by atoms with E-state index >= 15 is 0 Å². The van der Waals surface area contributed by atoms with E-state index < -0.39 is 0 Å². The summed E-state index contributed by atoms with van der Waals surface area (Å²) in [7, 11) is 3.14. The molecule has 1 aliphatic heterocycles. The van der Waals surface area contributed by atoms with E-state index in [0.29, 0.717) is 31.3 Å². The molecule has 0 aromatic heterocycles. The van der Waals surface area contributed by atoms with Crippen molar-refractivity contribution in [3.05, 3.63) is 23.8 Å². The first-order valence-corrected chi connectivity index (χ1v) is 7.79. The Morgan fingerprint density at radius 3 is 2.57 bits per heavy atom. The van der Waals surface area contributed by atoms with Crippen LogP contribution in [0.1, 0.15) is 18.4 Å². The van der Waals surface area contributed by atoms with Crippen molar-refractivity contribution in [2.24, 2.45) is 5.41 Å². The predicted molar refractivity (Wildman–Crippen MR) is 85.8 cm³/mol. The molecule has 1 heterocycles. The normalized spacial score (nSPS) is 16.7. The Bertz CT molecular complexity index is 526. The van der Waals surface area contributed by atoms with E-state index in [-0.39, 0.29) is 24.3 Å². The lowest BCUT2D eigenvalue weighted by Gasteiger charge is -2.35. The van der Waals surface area contributed by atoms with Gasteiger partial charge >= 0.3 is 0 Å². The van der Waals surface area contributed by atoms with Crippen LogP contribution >= 0.6 is 0 Å². The number of aliphatic hydroxyl groups excluding tert-OH is 1. The molecule has 2 rings (SSSR count). The zero-order valence-corrected chi connectivity index (χ0v) is 13.8. The summed E-state index contributed by atoms with van der Waals surface area (Å²) in [6.45, 7) is 1.80. The minimum Gasteiger partial charge on any atom is -0.493 e. The Morgan fingerprint density at radius 1 is 1.26 bits per heavy atom. The molecule has 0 bridgehead atoms. The number of amides is 1. The first-order valence-electron chi connectivity index (χ1n) is 7.79. The number of benzene rings is 1. The lowest BCUT2D eigenvalue weighted by molar-refractivity contribution is -0.121. The topological polar surface area (TPSA) is 77.0 Å². The minimum absolute atomic E-state index is 0.0625. The molecular weight excluding hydrogens is 298 g/mol. The molecule has 0 aliphatic carbocycles. The van der Waals surface area contributed by atoms with Crippen LogP contribution in [0.25, 0.3) is 0 Å². The smallest absolute Gasteiger partial charge is 0.224 e. The zero-order chi connectivity index (χ0) is 16.7. The molecule has 1 saturated heterocycles. The van der Waals surface area contributed by atoms with E-state index in [2.05, 4.69) is 5.32 Å². The van der Waals surface area contributed by atoms with Crippen LogP contribution in [-0.4, -0.2) is 51.6 Å². The first-order chi connectivity index (χ1) is 11.1. The van der Waals surface area contributed by atoms with Gasteiger partial charge in [-0.15, -0.1) is 0 Å². The summed E-state index contributed by atoms with van der Waals surface area (Å²) in [5.74, 6) is 1.17. The van der Waals surface area contributed by atoms with Gasteiger partial charge in [0.1, 0.15) is 0 Å². The molecule has 1 aromatic carbocycles. The van der Waals surface area contributed by atoms with E-state index in [1.807, 2.05) is 6.07 Å². The molecule has 1 aromatic rings. The largest absolute Gasteiger partial charge is 0.493 e. The molecule has 0 radical (unpaired) electrons. The van der Waals surface area contributed by atoms with E-state index in [0.717, 1.165) is 18.4 Å². The number of hydrogen-bond acceptors (Lipinski definition) is 5. The fraction of sp³-hybridized carbons (Fsp3) is 0.588. The van der Waals surface area contributed by atoms with Crippen LogP contribution in [0.2, 0.25) is 0 Å². The molecule has 0 spiro atoms. The van der Waals surface area contributed by atoms with Gasteiger partial charge in [0.25, 0.3) is 0 Å². The Morgan fingerprint density at radius 2 is 1.96 bits per heavy atom. The molecule has 2 N–H and O–H groups in total. The van der Waals surface area contributed by atoms with Crippen LogP contribution in [-0.2, 0) is 16.0 Å². The lowest BCUT2D eigenvalue weighted by Crippen LogP contribution is -2.44. The van der Waals surface area contributed by atoms with E-state index in [1.165, 1.54) is 0 Å². The highest BCUT2D eigenvalue weighted by Gasteiger charge is 2.32. The molecule has 23 heavy (non-hydrogen) atoms. The molecule has 0 atom stereocenters. The highest BCUT2D eigenvalue weighted by Crippen LogP contribution is 2.29. The average Bonchev–Trinajstić information content (AvgIpc) is 2.60. The molecule has 128 valence electrons. The van der Waals surface area contributed by atoms with Crippen LogP contribution in [0.5, 0.6) is 11.5 Å². The van der Waals surface area contributed by atoms with Gasteiger partial charge < -0.3 is 24.6 Å². The molecule has 6 nitrogen and oxygen atoms in total. The van der Waals surface area contributed by atoms with Gasteiger partial charge in [-0.3, -0.25) is 4.79 Å². The van der Waals surface area contributed by atoms with Crippen molar-refractivity contribution in [2.45, 2.75) is 19.3 Å². The zero-order valence-electron chi connectivity index (χ0n) is 13.8. The molecule has 6 heteroatoms. The number of aliphatic hydroxyl groups is 1. The van der Waals surface area contributed by atoms with Crippen molar-refractivity contribution in [3.8, 4) is 11.5 Å². The van der Waals surface area contributed by atoms with Gasteiger partial charge in [0, 0.05) is 25.2 Å². The fourth-order valence-corrected chi connectivity index (χ4v) is 2.72. The maximum atomic E-state index is 12.2. The number of carbonyl (C=O) groups is 1. The number of rotatable bonds is 7. The summed E-state index contributed by atoms with van der Waals surface area (Å²) in [6.07, 6.45) is 1.79. The third-order valence-corrected chi connectivity index (χ3v) is 4.36. The van der Waals surface area contributed by atoms with E-state index in [1.54, 1.807) is 26.4 Å². The molecule has 1 fully saturated rings. The minimum atomic E-state index is -0.258. The fourth-order valence-electron chi connectivity index (χ4n) is 2.72. The summed E-state index contributed by atoms with van der Waals surface area (Å²) in [5, 5.41) is 12.6. The van der Waals surface area contributed by atoms with Gasteiger partial charge in [0.05, 0.1) is 27.2 Å².